The summed E-state index contributed by atoms with van der Waals surface area (Å²) >= 11 is 0. The van der Waals surface area contributed by atoms with E-state index in [-0.39, 0.29) is 17.4 Å². The summed E-state index contributed by atoms with van der Waals surface area (Å²) in [5.41, 5.74) is 0. The summed E-state index contributed by atoms with van der Waals surface area (Å²) in [6, 6.07) is 3.08. The van der Waals surface area contributed by atoms with E-state index in [4.69, 9.17) is 0 Å². The van der Waals surface area contributed by atoms with Crippen LogP contribution in [0.15, 0.2) is 23.2 Å². The lowest BCUT2D eigenvalue weighted by Gasteiger charge is -2.18. The average molecular weight is 272 g/mol. The third-order valence-corrected chi connectivity index (χ3v) is 4.08. The molecule has 0 amide bonds. The number of hydrogen-bond donors (Lipinski definition) is 2. The molecule has 6 heteroatoms. The van der Waals surface area contributed by atoms with Crippen LogP contribution in [0, 0.1) is 5.92 Å². The van der Waals surface area contributed by atoms with E-state index in [1.807, 2.05) is 13.8 Å². The highest BCUT2D eigenvalue weighted by molar-refractivity contribution is 7.90. The zero-order valence-electron chi connectivity index (χ0n) is 10.9. The number of nitrogens with zero attached hydrogens (tertiary/aromatic N) is 1. The monoisotopic (exact) mass is 272 g/mol. The van der Waals surface area contributed by atoms with E-state index in [1.54, 1.807) is 6.07 Å². The average Bonchev–Trinajstić information content (AvgIpc) is 2.34. The van der Waals surface area contributed by atoms with Gasteiger partial charge in [0.2, 0.25) is 0 Å². The van der Waals surface area contributed by atoms with Crippen LogP contribution in [0.1, 0.15) is 20.3 Å². The molecule has 0 fully saturated rings. The third-order valence-electron chi connectivity index (χ3n) is 2.95. The maximum absolute atomic E-state index is 11.5. The lowest BCUT2D eigenvalue weighted by Crippen LogP contribution is -2.27. The smallest absolute Gasteiger partial charge is 0.179 e. The molecule has 0 spiro atoms. The second-order valence-electron chi connectivity index (χ2n) is 4.46. The molecule has 0 saturated heterocycles. The molecule has 2 N–H and O–H groups in total. The first-order chi connectivity index (χ1) is 8.36. The topological polar surface area (TPSA) is 79.3 Å². The normalized spacial score (nSPS) is 15.1. The number of anilines is 1. The van der Waals surface area contributed by atoms with Crippen molar-refractivity contribution < 1.29 is 13.5 Å². The highest BCUT2D eigenvalue weighted by Gasteiger charge is 2.16. The number of rotatable bonds is 6. The fourth-order valence-corrected chi connectivity index (χ4v) is 2.30. The first-order valence-corrected chi connectivity index (χ1v) is 7.82. The number of aromatic nitrogens is 1. The Labute approximate surface area is 108 Å². The number of sulfone groups is 1. The van der Waals surface area contributed by atoms with E-state index >= 15 is 0 Å². The molecule has 2 atom stereocenters. The van der Waals surface area contributed by atoms with E-state index in [0.717, 1.165) is 12.7 Å². The van der Waals surface area contributed by atoms with Crippen molar-refractivity contribution in [1.29, 1.82) is 0 Å². The molecule has 0 bridgehead atoms. The van der Waals surface area contributed by atoms with Gasteiger partial charge in [0.05, 0.1) is 6.10 Å². The minimum absolute atomic E-state index is 0.154. The van der Waals surface area contributed by atoms with Gasteiger partial charge in [-0.3, -0.25) is 0 Å². The van der Waals surface area contributed by atoms with Gasteiger partial charge in [-0.1, -0.05) is 20.3 Å². The predicted octanol–water partition coefficient (Wildman–Crippen LogP) is 1.30. The van der Waals surface area contributed by atoms with Gasteiger partial charge in [0, 0.05) is 19.0 Å². The van der Waals surface area contributed by atoms with Crippen LogP contribution >= 0.6 is 0 Å². The molecule has 0 radical (unpaired) electrons. The molecule has 1 aromatic rings. The SMILES string of the molecule is CCC(C)C(O)CNc1ncccc1S(C)(=O)=O. The van der Waals surface area contributed by atoms with E-state index in [1.165, 1.54) is 12.3 Å². The molecule has 18 heavy (non-hydrogen) atoms. The molecule has 102 valence electrons. The van der Waals surface area contributed by atoms with Gasteiger partial charge in [-0.25, -0.2) is 13.4 Å². The summed E-state index contributed by atoms with van der Waals surface area (Å²) in [5.74, 6) is 0.449. The number of aliphatic hydroxyl groups excluding tert-OH is 1. The number of hydrogen-bond acceptors (Lipinski definition) is 5. The molecule has 0 aliphatic carbocycles. The Hall–Kier alpha value is -1.14. The summed E-state index contributed by atoms with van der Waals surface area (Å²) in [7, 11) is -3.31. The fourth-order valence-electron chi connectivity index (χ4n) is 1.50. The summed E-state index contributed by atoms with van der Waals surface area (Å²) in [5, 5.41) is 12.7. The maximum Gasteiger partial charge on any atom is 0.179 e. The first kappa shape index (κ1) is 14.9. The molecular formula is C12H20N2O3S. The molecule has 0 aliphatic rings. The second kappa shape index (κ2) is 6.15. The van der Waals surface area contributed by atoms with Crippen molar-refractivity contribution >= 4 is 15.7 Å². The molecule has 2 unspecified atom stereocenters. The first-order valence-electron chi connectivity index (χ1n) is 5.93. The van der Waals surface area contributed by atoms with Crippen molar-refractivity contribution in [2.75, 3.05) is 18.1 Å². The summed E-state index contributed by atoms with van der Waals surface area (Å²) in [4.78, 5) is 4.15. The lowest BCUT2D eigenvalue weighted by atomic mass is 10.0. The lowest BCUT2D eigenvalue weighted by molar-refractivity contribution is 0.126. The van der Waals surface area contributed by atoms with Crippen LogP contribution in [0.5, 0.6) is 0 Å². The standard InChI is InChI=1S/C12H20N2O3S/c1-4-9(2)10(15)8-14-12-11(18(3,16)17)6-5-7-13-12/h5-7,9-10,15H,4,8H2,1-3H3,(H,13,14). The largest absolute Gasteiger partial charge is 0.391 e. The van der Waals surface area contributed by atoms with Gasteiger partial charge < -0.3 is 10.4 Å². The highest BCUT2D eigenvalue weighted by atomic mass is 32.2. The van der Waals surface area contributed by atoms with E-state index in [9.17, 15) is 13.5 Å². The second-order valence-corrected chi connectivity index (χ2v) is 6.44. The Morgan fingerprint density at radius 1 is 1.50 bits per heavy atom. The highest BCUT2D eigenvalue weighted by Crippen LogP contribution is 2.18. The molecule has 0 saturated carbocycles. The minimum Gasteiger partial charge on any atom is -0.391 e. The van der Waals surface area contributed by atoms with Crippen molar-refractivity contribution in [2.24, 2.45) is 5.92 Å². The molecule has 1 heterocycles. The number of nitrogens with one attached hydrogen (secondary N) is 1. The Bertz CT molecular complexity index is 488. The van der Waals surface area contributed by atoms with Crippen molar-refractivity contribution in [3.8, 4) is 0 Å². The van der Waals surface area contributed by atoms with Crippen LogP contribution in [0.3, 0.4) is 0 Å². The molecule has 0 aliphatic heterocycles. The van der Waals surface area contributed by atoms with Gasteiger partial charge >= 0.3 is 0 Å². The van der Waals surface area contributed by atoms with Gasteiger partial charge in [0.15, 0.2) is 9.84 Å². The van der Waals surface area contributed by atoms with Crippen molar-refractivity contribution in [3.63, 3.8) is 0 Å². The van der Waals surface area contributed by atoms with Crippen molar-refractivity contribution in [1.82, 2.24) is 4.98 Å². The zero-order chi connectivity index (χ0) is 13.8. The quantitative estimate of drug-likeness (QED) is 0.816. The molecule has 5 nitrogen and oxygen atoms in total. The number of aliphatic hydroxyl groups is 1. The van der Waals surface area contributed by atoms with Gasteiger partial charge in [0.1, 0.15) is 10.7 Å². The fraction of sp³-hybridized carbons (Fsp3) is 0.583. The Morgan fingerprint density at radius 2 is 2.17 bits per heavy atom. The van der Waals surface area contributed by atoms with Gasteiger partial charge in [-0.15, -0.1) is 0 Å². The summed E-state index contributed by atoms with van der Waals surface area (Å²) in [6.45, 7) is 4.23. The van der Waals surface area contributed by atoms with E-state index < -0.39 is 15.9 Å². The van der Waals surface area contributed by atoms with E-state index in [0.29, 0.717) is 5.82 Å². The van der Waals surface area contributed by atoms with Gasteiger partial charge in [-0.05, 0) is 18.1 Å². The molecule has 1 aromatic heterocycles. The minimum atomic E-state index is -3.31. The van der Waals surface area contributed by atoms with E-state index in [2.05, 4.69) is 10.3 Å². The van der Waals surface area contributed by atoms with Crippen LogP contribution < -0.4 is 5.32 Å². The van der Waals surface area contributed by atoms with Crippen molar-refractivity contribution in [2.45, 2.75) is 31.3 Å². The van der Waals surface area contributed by atoms with Crippen LogP contribution in [0.25, 0.3) is 0 Å². The van der Waals surface area contributed by atoms with Crippen molar-refractivity contribution in [3.05, 3.63) is 18.3 Å². The zero-order valence-corrected chi connectivity index (χ0v) is 11.7. The summed E-state index contributed by atoms with van der Waals surface area (Å²) < 4.78 is 23.1. The molecule has 0 aromatic carbocycles. The predicted molar refractivity (Wildman–Crippen MR) is 71.3 cm³/mol. The van der Waals surface area contributed by atoms with Gasteiger partial charge in [-0.2, -0.15) is 0 Å². The maximum atomic E-state index is 11.5. The number of pyridine rings is 1. The van der Waals surface area contributed by atoms with Crippen LogP contribution in [-0.4, -0.2) is 37.4 Å². The Balaban J connectivity index is 2.80. The molecular weight excluding hydrogens is 252 g/mol. The Morgan fingerprint density at radius 3 is 2.72 bits per heavy atom. The Kier molecular flexibility index (Phi) is 5.10. The molecule has 1 rings (SSSR count). The van der Waals surface area contributed by atoms with Crippen LogP contribution in [0.4, 0.5) is 5.82 Å². The third kappa shape index (κ3) is 3.96. The van der Waals surface area contributed by atoms with Gasteiger partial charge in [0.25, 0.3) is 0 Å². The van der Waals surface area contributed by atoms with Crippen LogP contribution in [-0.2, 0) is 9.84 Å². The van der Waals surface area contributed by atoms with Crippen LogP contribution in [0.2, 0.25) is 0 Å². The summed E-state index contributed by atoms with van der Waals surface area (Å²) in [6.07, 6.45) is 3.00.